The van der Waals surface area contributed by atoms with E-state index in [1.54, 1.807) is 24.3 Å². The average Bonchev–Trinajstić information content (AvgIpc) is 2.71. The van der Waals surface area contributed by atoms with Crippen molar-refractivity contribution in [1.82, 2.24) is 0 Å². The molecule has 0 aliphatic rings. The molecule has 7 heteroatoms. The predicted molar refractivity (Wildman–Crippen MR) is 112 cm³/mol. The first-order valence-electron chi connectivity index (χ1n) is 10.1. The number of alkyl halides is 3. The topological polar surface area (TPSA) is 18.5 Å². The summed E-state index contributed by atoms with van der Waals surface area (Å²) in [6.45, 7) is 4.03. The van der Waals surface area contributed by atoms with Crippen molar-refractivity contribution >= 4 is 0 Å². The zero-order valence-corrected chi connectivity index (χ0v) is 17.7. The van der Waals surface area contributed by atoms with Crippen molar-refractivity contribution in [1.29, 1.82) is 0 Å². The lowest BCUT2D eigenvalue weighted by atomic mass is 9.80. The molecule has 0 saturated carbocycles. The van der Waals surface area contributed by atoms with E-state index in [2.05, 4.69) is 4.74 Å². The highest BCUT2D eigenvalue weighted by Crippen LogP contribution is 2.32. The molecule has 0 unspecified atom stereocenters. The first kappa shape index (κ1) is 23.6. The highest BCUT2D eigenvalue weighted by molar-refractivity contribution is 5.36. The third-order valence-corrected chi connectivity index (χ3v) is 5.17. The minimum absolute atomic E-state index is 0.0635. The van der Waals surface area contributed by atoms with Gasteiger partial charge in [-0.3, -0.25) is 0 Å². The van der Waals surface area contributed by atoms with E-state index in [9.17, 15) is 22.0 Å². The molecule has 0 atom stereocenters. The van der Waals surface area contributed by atoms with Gasteiger partial charge in [0.05, 0.1) is 0 Å². The normalized spacial score (nSPS) is 12.0. The van der Waals surface area contributed by atoms with Gasteiger partial charge in [-0.2, -0.15) is 0 Å². The number of aryl methyl sites for hydroxylation is 1. The summed E-state index contributed by atoms with van der Waals surface area (Å²) in [4.78, 5) is 0. The Morgan fingerprint density at radius 3 is 2.03 bits per heavy atom. The van der Waals surface area contributed by atoms with Crippen LogP contribution in [0, 0.1) is 11.6 Å². The lowest BCUT2D eigenvalue weighted by molar-refractivity contribution is -0.274. The van der Waals surface area contributed by atoms with Crippen LogP contribution in [-0.4, -0.2) is 6.36 Å². The minimum Gasteiger partial charge on any atom is -0.454 e. The zero-order valence-electron chi connectivity index (χ0n) is 17.7. The smallest absolute Gasteiger partial charge is 0.454 e. The molecule has 32 heavy (non-hydrogen) atoms. The van der Waals surface area contributed by atoms with Gasteiger partial charge in [-0.15, -0.1) is 13.2 Å². The van der Waals surface area contributed by atoms with Gasteiger partial charge in [0.25, 0.3) is 0 Å². The molecule has 3 rings (SSSR count). The Morgan fingerprint density at radius 2 is 1.41 bits per heavy atom. The van der Waals surface area contributed by atoms with Gasteiger partial charge in [-0.05, 0) is 84.3 Å². The Morgan fingerprint density at radius 1 is 0.781 bits per heavy atom. The maximum Gasteiger partial charge on any atom is 0.573 e. The van der Waals surface area contributed by atoms with Crippen molar-refractivity contribution in [3.8, 4) is 17.2 Å². The molecular weight excluding hydrogens is 427 g/mol. The Hall–Kier alpha value is -3.09. The summed E-state index contributed by atoms with van der Waals surface area (Å²) in [5.74, 6) is -0.775. The lowest BCUT2D eigenvalue weighted by Gasteiger charge is -2.25. The standard InChI is InChI=1S/C25H23F5O2/c1-24(2,18-6-10-21(11-7-18)32-25(28,29)30)15-3-4-17-5-14-22(27)23(16-17)31-20-12-8-19(26)9-13-20/h5-14,16H,3-4,15H2,1-2H3. The van der Waals surface area contributed by atoms with Crippen LogP contribution in [0.2, 0.25) is 0 Å². The third kappa shape index (κ3) is 6.70. The first-order chi connectivity index (χ1) is 15.0. The van der Waals surface area contributed by atoms with Crippen LogP contribution in [0.1, 0.15) is 37.8 Å². The molecule has 0 saturated heterocycles. The van der Waals surface area contributed by atoms with Crippen LogP contribution >= 0.6 is 0 Å². The molecule has 170 valence electrons. The highest BCUT2D eigenvalue weighted by Gasteiger charge is 2.31. The number of benzene rings is 3. The van der Waals surface area contributed by atoms with E-state index < -0.39 is 18.0 Å². The van der Waals surface area contributed by atoms with Crippen LogP contribution < -0.4 is 9.47 Å². The SMILES string of the molecule is CC(C)(CCCc1ccc(F)c(Oc2ccc(F)cc2)c1)c1ccc(OC(F)(F)F)cc1. The third-order valence-electron chi connectivity index (χ3n) is 5.17. The summed E-state index contributed by atoms with van der Waals surface area (Å²) >= 11 is 0. The van der Waals surface area contributed by atoms with E-state index in [4.69, 9.17) is 4.74 Å². The molecule has 0 amide bonds. The number of ether oxygens (including phenoxy) is 2. The van der Waals surface area contributed by atoms with E-state index in [0.29, 0.717) is 12.2 Å². The van der Waals surface area contributed by atoms with Crippen LogP contribution in [0.25, 0.3) is 0 Å². The minimum atomic E-state index is -4.72. The van der Waals surface area contributed by atoms with E-state index >= 15 is 0 Å². The van der Waals surface area contributed by atoms with Crippen LogP contribution in [0.5, 0.6) is 17.2 Å². The fourth-order valence-electron chi connectivity index (χ4n) is 3.40. The fourth-order valence-corrected chi connectivity index (χ4v) is 3.40. The molecule has 3 aromatic rings. The summed E-state index contributed by atoms with van der Waals surface area (Å²) in [5.41, 5.74) is 1.50. The molecule has 0 fully saturated rings. The van der Waals surface area contributed by atoms with Crippen molar-refractivity contribution in [2.24, 2.45) is 0 Å². The average molecular weight is 450 g/mol. The molecule has 0 aromatic heterocycles. The predicted octanol–water partition coefficient (Wildman–Crippen LogP) is 7.96. The van der Waals surface area contributed by atoms with Gasteiger partial charge in [0, 0.05) is 0 Å². The summed E-state index contributed by atoms with van der Waals surface area (Å²) in [6, 6.07) is 15.8. The molecule has 0 heterocycles. The van der Waals surface area contributed by atoms with Gasteiger partial charge in [0.15, 0.2) is 11.6 Å². The van der Waals surface area contributed by atoms with Crippen molar-refractivity contribution in [2.45, 2.75) is 44.9 Å². The monoisotopic (exact) mass is 450 g/mol. The van der Waals surface area contributed by atoms with Gasteiger partial charge < -0.3 is 9.47 Å². The van der Waals surface area contributed by atoms with E-state index in [1.165, 1.54) is 42.5 Å². The van der Waals surface area contributed by atoms with Crippen molar-refractivity contribution < 1.29 is 31.4 Å². The molecule has 0 bridgehead atoms. The van der Waals surface area contributed by atoms with Gasteiger partial charge in [-0.25, -0.2) is 8.78 Å². The van der Waals surface area contributed by atoms with Crippen LogP contribution in [0.3, 0.4) is 0 Å². The second-order valence-electron chi connectivity index (χ2n) is 8.13. The second kappa shape index (κ2) is 9.59. The van der Waals surface area contributed by atoms with Gasteiger partial charge in [0.2, 0.25) is 0 Å². The Labute approximate surface area is 183 Å². The molecule has 0 N–H and O–H groups in total. The maximum atomic E-state index is 14.1. The quantitative estimate of drug-likeness (QED) is 0.324. The molecule has 0 aliphatic heterocycles. The van der Waals surface area contributed by atoms with Gasteiger partial charge in [0.1, 0.15) is 17.3 Å². The van der Waals surface area contributed by atoms with Crippen molar-refractivity contribution in [3.05, 3.63) is 89.5 Å². The van der Waals surface area contributed by atoms with E-state index in [0.717, 1.165) is 24.0 Å². The largest absolute Gasteiger partial charge is 0.573 e. The van der Waals surface area contributed by atoms with Crippen LogP contribution in [-0.2, 0) is 11.8 Å². The zero-order chi connectivity index (χ0) is 23.4. The number of hydrogen-bond donors (Lipinski definition) is 0. The van der Waals surface area contributed by atoms with E-state index in [1.807, 2.05) is 13.8 Å². The molecule has 0 spiro atoms. The Balaban J connectivity index is 1.59. The number of halogens is 5. The number of hydrogen-bond acceptors (Lipinski definition) is 2. The molecular formula is C25H23F5O2. The summed E-state index contributed by atoms with van der Waals surface area (Å²) in [5, 5.41) is 0. The molecule has 0 radical (unpaired) electrons. The maximum absolute atomic E-state index is 14.1. The van der Waals surface area contributed by atoms with Crippen molar-refractivity contribution in [3.63, 3.8) is 0 Å². The van der Waals surface area contributed by atoms with Gasteiger partial charge >= 0.3 is 6.36 Å². The highest BCUT2D eigenvalue weighted by atomic mass is 19.4. The van der Waals surface area contributed by atoms with E-state index in [-0.39, 0.29) is 16.9 Å². The molecule has 2 nitrogen and oxygen atoms in total. The van der Waals surface area contributed by atoms with Crippen LogP contribution in [0.4, 0.5) is 22.0 Å². The van der Waals surface area contributed by atoms with Crippen molar-refractivity contribution in [2.75, 3.05) is 0 Å². The summed E-state index contributed by atoms with van der Waals surface area (Å²) in [6.07, 6.45) is -2.52. The Kier molecular flexibility index (Phi) is 7.06. The number of rotatable bonds is 8. The van der Waals surface area contributed by atoms with Crippen LogP contribution in [0.15, 0.2) is 66.7 Å². The molecule has 0 aliphatic carbocycles. The second-order valence-corrected chi connectivity index (χ2v) is 8.13. The fraction of sp³-hybridized carbons (Fsp3) is 0.280. The van der Waals surface area contributed by atoms with Gasteiger partial charge in [-0.1, -0.05) is 32.0 Å². The summed E-state index contributed by atoms with van der Waals surface area (Å²) < 4.78 is 73.6. The lowest BCUT2D eigenvalue weighted by Crippen LogP contribution is -2.19. The first-order valence-corrected chi connectivity index (χ1v) is 10.1. The molecule has 3 aromatic carbocycles. The summed E-state index contributed by atoms with van der Waals surface area (Å²) in [7, 11) is 0. The Bertz CT molecular complexity index is 1030.